The molecule has 0 aromatic carbocycles. The first-order chi connectivity index (χ1) is 12.2. The molecule has 1 amide bonds. The molecule has 0 aromatic heterocycles. The molecule has 8 heteroatoms. The molecule has 0 spiro atoms. The van der Waals surface area contributed by atoms with Gasteiger partial charge in [-0.2, -0.15) is 0 Å². The highest BCUT2D eigenvalue weighted by atomic mass is 19.3. The van der Waals surface area contributed by atoms with Gasteiger partial charge in [-0.1, -0.05) is 0 Å². The molecule has 2 aliphatic carbocycles. The molecule has 1 heterocycles. The number of halogens is 2. The fourth-order valence-corrected chi connectivity index (χ4v) is 5.11. The summed E-state index contributed by atoms with van der Waals surface area (Å²) < 4.78 is 37.5. The van der Waals surface area contributed by atoms with Gasteiger partial charge in [0.1, 0.15) is 6.10 Å². The standard InChI is InChI=1S/C19H27F2NO5/c1-8(19(6,20)21)26-17(25)13-11-7-10-12(13)16(24)22(18(3,4)5)14(10)15(11)27-9(2)23/h8,10-15H,7H2,1-6H3. The lowest BCUT2D eigenvalue weighted by atomic mass is 9.78. The third kappa shape index (κ3) is 3.10. The number of ether oxygens (including phenoxy) is 2. The minimum atomic E-state index is -3.18. The van der Waals surface area contributed by atoms with E-state index in [9.17, 15) is 23.2 Å². The number of fused-ring (bicyclic) bond motifs is 1. The van der Waals surface area contributed by atoms with Crippen molar-refractivity contribution in [1.29, 1.82) is 0 Å². The number of amides is 1. The van der Waals surface area contributed by atoms with Crippen molar-refractivity contribution in [3.05, 3.63) is 0 Å². The molecule has 2 bridgehead atoms. The predicted octanol–water partition coefficient (Wildman–Crippen LogP) is 2.40. The summed E-state index contributed by atoms with van der Waals surface area (Å²) in [6, 6.07) is -0.287. The second-order valence-electron chi connectivity index (χ2n) is 9.09. The maximum absolute atomic E-state index is 13.5. The van der Waals surface area contributed by atoms with Crippen LogP contribution in [0.2, 0.25) is 0 Å². The quantitative estimate of drug-likeness (QED) is 0.693. The highest BCUT2D eigenvalue weighted by Gasteiger charge is 2.72. The van der Waals surface area contributed by atoms with E-state index in [0.29, 0.717) is 13.3 Å². The summed E-state index contributed by atoms with van der Waals surface area (Å²) in [5.74, 6) is -6.65. The Bertz CT molecular complexity index is 668. The zero-order valence-electron chi connectivity index (χ0n) is 16.5. The molecule has 152 valence electrons. The summed E-state index contributed by atoms with van der Waals surface area (Å²) in [4.78, 5) is 39.2. The number of carbonyl (C=O) groups is 3. The lowest BCUT2D eigenvalue weighted by Gasteiger charge is -2.40. The van der Waals surface area contributed by atoms with Crippen molar-refractivity contribution in [2.45, 2.75) is 77.7 Å². The van der Waals surface area contributed by atoms with Crippen molar-refractivity contribution in [3.8, 4) is 0 Å². The Labute approximate surface area is 157 Å². The monoisotopic (exact) mass is 387 g/mol. The second-order valence-corrected chi connectivity index (χ2v) is 9.09. The Hall–Kier alpha value is -1.73. The molecule has 27 heavy (non-hydrogen) atoms. The third-order valence-corrected chi connectivity index (χ3v) is 6.18. The Morgan fingerprint density at radius 3 is 2.26 bits per heavy atom. The Kier molecular flexibility index (Phi) is 4.55. The molecule has 3 fully saturated rings. The normalized spacial score (nSPS) is 36.1. The number of hydrogen-bond donors (Lipinski definition) is 0. The van der Waals surface area contributed by atoms with E-state index in [2.05, 4.69) is 0 Å². The van der Waals surface area contributed by atoms with Crippen LogP contribution >= 0.6 is 0 Å². The van der Waals surface area contributed by atoms with Gasteiger partial charge < -0.3 is 14.4 Å². The summed E-state index contributed by atoms with van der Waals surface area (Å²) in [5.41, 5.74) is -0.509. The van der Waals surface area contributed by atoms with Gasteiger partial charge in [0.05, 0.1) is 17.9 Å². The molecular formula is C19H27F2NO5. The topological polar surface area (TPSA) is 72.9 Å². The Morgan fingerprint density at radius 2 is 1.78 bits per heavy atom. The van der Waals surface area contributed by atoms with E-state index in [1.165, 1.54) is 6.92 Å². The van der Waals surface area contributed by atoms with Gasteiger partial charge >= 0.3 is 11.9 Å². The Balaban J connectivity index is 1.93. The molecule has 1 saturated heterocycles. The summed E-state index contributed by atoms with van der Waals surface area (Å²) >= 11 is 0. The van der Waals surface area contributed by atoms with Gasteiger partial charge in [0.2, 0.25) is 5.91 Å². The van der Waals surface area contributed by atoms with Crippen LogP contribution < -0.4 is 0 Å². The van der Waals surface area contributed by atoms with Gasteiger partial charge in [0, 0.05) is 25.3 Å². The second kappa shape index (κ2) is 6.14. The van der Waals surface area contributed by atoms with Crippen molar-refractivity contribution >= 4 is 17.8 Å². The van der Waals surface area contributed by atoms with Crippen molar-refractivity contribution < 1.29 is 32.6 Å². The molecule has 2 saturated carbocycles. The van der Waals surface area contributed by atoms with Crippen molar-refractivity contribution in [2.75, 3.05) is 0 Å². The average Bonchev–Trinajstić information content (AvgIpc) is 3.06. The minimum Gasteiger partial charge on any atom is -0.460 e. The molecule has 0 radical (unpaired) electrons. The number of rotatable bonds is 4. The molecule has 3 rings (SSSR count). The first kappa shape index (κ1) is 20.0. The molecule has 3 aliphatic rings. The Morgan fingerprint density at radius 1 is 1.19 bits per heavy atom. The van der Waals surface area contributed by atoms with Gasteiger partial charge in [0.15, 0.2) is 6.10 Å². The summed E-state index contributed by atoms with van der Waals surface area (Å²) in [6.45, 7) is 8.78. The molecule has 7 atom stereocenters. The molecule has 6 nitrogen and oxygen atoms in total. The van der Waals surface area contributed by atoms with Crippen LogP contribution in [0.15, 0.2) is 0 Å². The van der Waals surface area contributed by atoms with Crippen LogP contribution in [-0.2, 0) is 23.9 Å². The zero-order chi connectivity index (χ0) is 20.5. The number of hydrogen-bond acceptors (Lipinski definition) is 5. The highest BCUT2D eigenvalue weighted by molar-refractivity contribution is 5.90. The summed E-state index contributed by atoms with van der Waals surface area (Å²) in [7, 11) is 0. The molecule has 0 aromatic rings. The number of alkyl halides is 2. The van der Waals surface area contributed by atoms with Crippen LogP contribution in [-0.4, -0.2) is 52.5 Å². The van der Waals surface area contributed by atoms with Crippen LogP contribution in [0.1, 0.15) is 48.0 Å². The van der Waals surface area contributed by atoms with E-state index in [0.717, 1.165) is 6.92 Å². The minimum absolute atomic E-state index is 0.138. The van der Waals surface area contributed by atoms with E-state index in [1.807, 2.05) is 20.8 Å². The van der Waals surface area contributed by atoms with Gasteiger partial charge in [-0.05, 0) is 40.0 Å². The predicted molar refractivity (Wildman–Crippen MR) is 90.7 cm³/mol. The fourth-order valence-electron chi connectivity index (χ4n) is 5.11. The number of nitrogens with zero attached hydrogens (tertiary/aromatic N) is 1. The van der Waals surface area contributed by atoms with Crippen molar-refractivity contribution in [1.82, 2.24) is 4.90 Å². The lowest BCUT2D eigenvalue weighted by Crippen LogP contribution is -2.52. The largest absolute Gasteiger partial charge is 0.460 e. The summed E-state index contributed by atoms with van der Waals surface area (Å²) in [5, 5.41) is 0. The first-order valence-corrected chi connectivity index (χ1v) is 9.34. The molecule has 1 aliphatic heterocycles. The zero-order valence-corrected chi connectivity index (χ0v) is 16.5. The number of likely N-dealkylation sites (tertiary alicyclic amines) is 1. The van der Waals surface area contributed by atoms with E-state index >= 15 is 0 Å². The third-order valence-electron chi connectivity index (χ3n) is 6.18. The van der Waals surface area contributed by atoms with Crippen LogP contribution in [0.3, 0.4) is 0 Å². The van der Waals surface area contributed by atoms with Gasteiger partial charge in [0.25, 0.3) is 5.92 Å². The van der Waals surface area contributed by atoms with Crippen molar-refractivity contribution in [2.24, 2.45) is 23.7 Å². The van der Waals surface area contributed by atoms with Crippen LogP contribution in [0.5, 0.6) is 0 Å². The van der Waals surface area contributed by atoms with Gasteiger partial charge in [-0.3, -0.25) is 14.4 Å². The maximum Gasteiger partial charge on any atom is 0.310 e. The van der Waals surface area contributed by atoms with E-state index in [4.69, 9.17) is 9.47 Å². The number of esters is 2. The van der Waals surface area contributed by atoms with E-state index in [-0.39, 0.29) is 17.9 Å². The number of carbonyl (C=O) groups excluding carboxylic acids is 3. The maximum atomic E-state index is 13.5. The van der Waals surface area contributed by atoms with E-state index in [1.54, 1.807) is 4.90 Å². The lowest BCUT2D eigenvalue weighted by molar-refractivity contribution is -0.179. The van der Waals surface area contributed by atoms with Gasteiger partial charge in [-0.15, -0.1) is 0 Å². The van der Waals surface area contributed by atoms with Gasteiger partial charge in [-0.25, -0.2) is 8.78 Å². The average molecular weight is 387 g/mol. The molecular weight excluding hydrogens is 360 g/mol. The first-order valence-electron chi connectivity index (χ1n) is 9.34. The molecule has 7 unspecified atom stereocenters. The fraction of sp³-hybridized carbons (Fsp3) is 0.842. The van der Waals surface area contributed by atoms with Crippen LogP contribution in [0, 0.1) is 23.7 Å². The summed E-state index contributed by atoms with van der Waals surface area (Å²) in [6.07, 6.45) is -1.67. The van der Waals surface area contributed by atoms with E-state index < -0.39 is 53.4 Å². The van der Waals surface area contributed by atoms with Crippen LogP contribution in [0.25, 0.3) is 0 Å². The molecule has 0 N–H and O–H groups in total. The van der Waals surface area contributed by atoms with Crippen molar-refractivity contribution in [3.63, 3.8) is 0 Å². The smallest absolute Gasteiger partial charge is 0.310 e. The van der Waals surface area contributed by atoms with Crippen LogP contribution in [0.4, 0.5) is 8.78 Å². The SMILES string of the molecule is CC(=O)OC1C2CC3C(C(=O)N(C(C)(C)C)C31)C2C(=O)OC(C)C(C)(F)F. The highest BCUT2D eigenvalue weighted by Crippen LogP contribution is 2.61.